The van der Waals surface area contributed by atoms with Crippen LogP contribution >= 0.6 is 11.6 Å². The van der Waals surface area contributed by atoms with Crippen LogP contribution in [0.15, 0.2) is 18.2 Å². The maximum atomic E-state index is 12.1. The van der Waals surface area contributed by atoms with Crippen molar-refractivity contribution in [1.82, 2.24) is 0 Å². The molecule has 86 valence electrons. The van der Waals surface area contributed by atoms with Crippen molar-refractivity contribution in [2.24, 2.45) is 11.8 Å². The van der Waals surface area contributed by atoms with E-state index in [-0.39, 0.29) is 5.78 Å². The summed E-state index contributed by atoms with van der Waals surface area (Å²) in [7, 11) is 0. The first-order valence-electron chi connectivity index (χ1n) is 5.90. The third-order valence-corrected chi connectivity index (χ3v) is 3.93. The van der Waals surface area contributed by atoms with Crippen LogP contribution in [0.5, 0.6) is 0 Å². The molecule has 0 saturated heterocycles. The molecular weight excluding hydrogens is 220 g/mol. The van der Waals surface area contributed by atoms with Gasteiger partial charge in [0.15, 0.2) is 5.78 Å². The summed E-state index contributed by atoms with van der Waals surface area (Å²) in [6, 6.07) is 5.66. The molecule has 16 heavy (non-hydrogen) atoms. The Balaban J connectivity index is 2.36. The van der Waals surface area contributed by atoms with Gasteiger partial charge in [0.05, 0.1) is 0 Å². The Morgan fingerprint density at radius 2 is 2.12 bits per heavy atom. The van der Waals surface area contributed by atoms with Gasteiger partial charge in [-0.15, -0.1) is 0 Å². The van der Waals surface area contributed by atoms with Crippen molar-refractivity contribution >= 4 is 17.4 Å². The Morgan fingerprint density at radius 3 is 2.81 bits per heavy atom. The van der Waals surface area contributed by atoms with Crippen LogP contribution in [0.4, 0.5) is 0 Å². The van der Waals surface area contributed by atoms with Crippen LogP contribution in [0.2, 0.25) is 5.02 Å². The van der Waals surface area contributed by atoms with E-state index in [0.717, 1.165) is 29.0 Å². The van der Waals surface area contributed by atoms with Crippen molar-refractivity contribution in [3.8, 4) is 0 Å². The van der Waals surface area contributed by atoms with Gasteiger partial charge in [-0.2, -0.15) is 0 Å². The lowest BCUT2D eigenvalue weighted by Crippen LogP contribution is -2.12. The molecule has 0 radical (unpaired) electrons. The van der Waals surface area contributed by atoms with Crippen molar-refractivity contribution in [3.05, 3.63) is 34.3 Å². The smallest absolute Gasteiger partial charge is 0.163 e. The Morgan fingerprint density at radius 1 is 1.38 bits per heavy atom. The summed E-state index contributed by atoms with van der Waals surface area (Å²) < 4.78 is 0. The number of benzene rings is 1. The van der Waals surface area contributed by atoms with Gasteiger partial charge in [-0.25, -0.2) is 0 Å². The van der Waals surface area contributed by atoms with Gasteiger partial charge < -0.3 is 0 Å². The van der Waals surface area contributed by atoms with Crippen LogP contribution in [0.25, 0.3) is 0 Å². The first-order valence-corrected chi connectivity index (χ1v) is 6.28. The lowest BCUT2D eigenvalue weighted by Gasteiger charge is -2.16. The van der Waals surface area contributed by atoms with Crippen LogP contribution in [0.1, 0.15) is 42.6 Å². The van der Waals surface area contributed by atoms with Gasteiger partial charge in [0, 0.05) is 17.0 Å². The van der Waals surface area contributed by atoms with E-state index in [1.165, 1.54) is 0 Å². The number of carbonyl (C=O) groups excluding carboxylic acids is 1. The van der Waals surface area contributed by atoms with Gasteiger partial charge in [0.2, 0.25) is 0 Å². The molecule has 1 aliphatic rings. The number of Topliss-reactive ketones (excluding diaryl/α,β-unsaturated/α-hetero) is 1. The van der Waals surface area contributed by atoms with Gasteiger partial charge in [-0.3, -0.25) is 4.79 Å². The van der Waals surface area contributed by atoms with Crippen molar-refractivity contribution in [1.29, 1.82) is 0 Å². The van der Waals surface area contributed by atoms with Crippen molar-refractivity contribution in [3.63, 3.8) is 0 Å². The summed E-state index contributed by atoms with van der Waals surface area (Å²) in [6.07, 6.45) is 2.68. The number of hydrogen-bond acceptors (Lipinski definition) is 1. The molecule has 0 aromatic heterocycles. The summed E-state index contributed by atoms with van der Waals surface area (Å²) in [5, 5.41) is 0.746. The van der Waals surface area contributed by atoms with E-state index in [1.54, 1.807) is 0 Å². The third kappa shape index (κ3) is 2.15. The molecule has 0 spiro atoms. The largest absolute Gasteiger partial charge is 0.294 e. The predicted octanol–water partition coefficient (Wildman–Crippen LogP) is 4.13. The average Bonchev–Trinajstić information content (AvgIpc) is 2.40. The maximum Gasteiger partial charge on any atom is 0.163 e. The molecule has 2 heteroatoms. The van der Waals surface area contributed by atoms with Gasteiger partial charge in [-0.1, -0.05) is 37.6 Å². The molecular formula is C14H17ClO. The second kappa shape index (κ2) is 4.58. The zero-order valence-electron chi connectivity index (χ0n) is 9.79. The first kappa shape index (κ1) is 11.7. The summed E-state index contributed by atoms with van der Waals surface area (Å²) in [5.74, 6) is 1.32. The minimum absolute atomic E-state index is 0.258. The van der Waals surface area contributed by atoms with Crippen molar-refractivity contribution in [2.75, 3.05) is 0 Å². The topological polar surface area (TPSA) is 17.1 Å². The molecule has 0 heterocycles. The molecule has 0 saturated carbocycles. The standard InChI is InChI=1S/C14H17ClO/c1-9(2)10-6-7-11-12(14(16)8-10)4-3-5-13(11)15/h3-5,9-10H,6-8H2,1-2H3. The Bertz CT molecular complexity index is 409. The van der Waals surface area contributed by atoms with Crippen molar-refractivity contribution < 1.29 is 4.79 Å². The second-order valence-corrected chi connectivity index (χ2v) is 5.34. The number of rotatable bonds is 1. The van der Waals surface area contributed by atoms with E-state index in [0.29, 0.717) is 18.3 Å². The van der Waals surface area contributed by atoms with Crippen LogP contribution < -0.4 is 0 Å². The first-order chi connectivity index (χ1) is 7.59. The summed E-state index contributed by atoms with van der Waals surface area (Å²) in [5.41, 5.74) is 1.90. The Labute approximate surface area is 102 Å². The molecule has 1 aromatic carbocycles. The van der Waals surface area contributed by atoms with Gasteiger partial charge in [-0.05, 0) is 36.3 Å². The maximum absolute atomic E-state index is 12.1. The normalized spacial score (nSPS) is 20.8. The zero-order valence-corrected chi connectivity index (χ0v) is 10.6. The highest BCUT2D eigenvalue weighted by molar-refractivity contribution is 6.32. The van der Waals surface area contributed by atoms with Crippen LogP contribution in [0, 0.1) is 11.8 Å². The monoisotopic (exact) mass is 236 g/mol. The molecule has 1 unspecified atom stereocenters. The van der Waals surface area contributed by atoms with E-state index >= 15 is 0 Å². The predicted molar refractivity (Wildman–Crippen MR) is 67.0 cm³/mol. The quantitative estimate of drug-likeness (QED) is 0.670. The SMILES string of the molecule is CC(C)C1CCc2c(Cl)cccc2C(=O)C1. The van der Waals surface area contributed by atoms with Crippen LogP contribution in [0.3, 0.4) is 0 Å². The highest BCUT2D eigenvalue weighted by atomic mass is 35.5. The molecule has 1 aromatic rings. The minimum atomic E-state index is 0.258. The number of halogens is 1. The van der Waals surface area contributed by atoms with E-state index in [2.05, 4.69) is 13.8 Å². The van der Waals surface area contributed by atoms with E-state index in [9.17, 15) is 4.79 Å². The molecule has 0 bridgehead atoms. The van der Waals surface area contributed by atoms with Crippen LogP contribution in [-0.2, 0) is 6.42 Å². The van der Waals surface area contributed by atoms with Crippen molar-refractivity contribution in [2.45, 2.75) is 33.1 Å². The van der Waals surface area contributed by atoms with E-state index < -0.39 is 0 Å². The molecule has 1 aliphatic carbocycles. The number of ketones is 1. The summed E-state index contributed by atoms with van der Waals surface area (Å²) in [6.45, 7) is 4.38. The number of fused-ring (bicyclic) bond motifs is 1. The zero-order chi connectivity index (χ0) is 11.7. The lowest BCUT2D eigenvalue weighted by atomic mass is 9.88. The lowest BCUT2D eigenvalue weighted by molar-refractivity contribution is 0.0951. The summed E-state index contributed by atoms with van der Waals surface area (Å²) >= 11 is 6.16. The van der Waals surface area contributed by atoms with Gasteiger partial charge >= 0.3 is 0 Å². The highest BCUT2D eigenvalue weighted by Gasteiger charge is 2.25. The Hall–Kier alpha value is -0.820. The van der Waals surface area contributed by atoms with Gasteiger partial charge in [0.25, 0.3) is 0 Å². The number of carbonyl (C=O) groups is 1. The summed E-state index contributed by atoms with van der Waals surface area (Å²) in [4.78, 5) is 12.1. The second-order valence-electron chi connectivity index (χ2n) is 4.94. The molecule has 0 aliphatic heterocycles. The molecule has 0 amide bonds. The molecule has 2 rings (SSSR count). The fraction of sp³-hybridized carbons (Fsp3) is 0.500. The minimum Gasteiger partial charge on any atom is -0.294 e. The Kier molecular flexibility index (Phi) is 3.34. The van der Waals surface area contributed by atoms with Crippen LogP contribution in [-0.4, -0.2) is 5.78 Å². The highest BCUT2D eigenvalue weighted by Crippen LogP contribution is 2.32. The molecule has 1 atom stereocenters. The number of hydrogen-bond donors (Lipinski definition) is 0. The molecule has 0 N–H and O–H groups in total. The van der Waals surface area contributed by atoms with E-state index in [1.807, 2.05) is 18.2 Å². The molecule has 1 nitrogen and oxygen atoms in total. The van der Waals surface area contributed by atoms with E-state index in [4.69, 9.17) is 11.6 Å². The van der Waals surface area contributed by atoms with Gasteiger partial charge in [0.1, 0.15) is 0 Å². The third-order valence-electron chi connectivity index (χ3n) is 3.57. The average molecular weight is 237 g/mol. The fourth-order valence-corrected chi connectivity index (χ4v) is 2.69. The fourth-order valence-electron chi connectivity index (χ4n) is 2.42. The molecule has 0 fully saturated rings.